The molecule has 11 heavy (non-hydrogen) atoms. The van der Waals surface area contributed by atoms with Crippen molar-refractivity contribution in [2.24, 2.45) is 0 Å². The molecule has 0 unspecified atom stereocenters. The molecule has 1 aromatic rings. The molecule has 0 fully saturated rings. The van der Waals surface area contributed by atoms with Crippen LogP contribution in [0.25, 0.3) is 0 Å². The van der Waals surface area contributed by atoms with Crippen molar-refractivity contribution in [1.29, 1.82) is 0 Å². The second kappa shape index (κ2) is 3.93. The molecule has 0 heterocycles. The Morgan fingerprint density at radius 1 is 1.27 bits per heavy atom. The standard InChI is InChI=1S/C8H11FN2/c1-10-6-11-8-4-2-7(9)3-5-8/h2-5,10-11H,6H2,1H3. The lowest BCUT2D eigenvalue weighted by Gasteiger charge is -2.03. The SMILES string of the molecule is CNCNc1ccc(F)cc1. The second-order valence-corrected chi connectivity index (χ2v) is 2.21. The molecule has 0 spiro atoms. The highest BCUT2D eigenvalue weighted by atomic mass is 19.1. The molecule has 0 amide bonds. The van der Waals surface area contributed by atoms with Crippen molar-refractivity contribution in [2.45, 2.75) is 0 Å². The molecule has 3 heteroatoms. The predicted octanol–water partition coefficient (Wildman–Crippen LogP) is 1.41. The fraction of sp³-hybridized carbons (Fsp3) is 0.250. The Morgan fingerprint density at radius 2 is 1.91 bits per heavy atom. The van der Waals surface area contributed by atoms with E-state index in [-0.39, 0.29) is 5.82 Å². The number of benzene rings is 1. The van der Waals surface area contributed by atoms with Crippen LogP contribution in [-0.4, -0.2) is 13.7 Å². The summed E-state index contributed by atoms with van der Waals surface area (Å²) in [6.07, 6.45) is 0. The van der Waals surface area contributed by atoms with Crippen molar-refractivity contribution < 1.29 is 4.39 Å². The van der Waals surface area contributed by atoms with Crippen molar-refractivity contribution in [1.82, 2.24) is 5.32 Å². The van der Waals surface area contributed by atoms with Crippen molar-refractivity contribution >= 4 is 5.69 Å². The summed E-state index contributed by atoms with van der Waals surface area (Å²) in [5.74, 6) is -0.208. The lowest BCUT2D eigenvalue weighted by molar-refractivity contribution is 0.628. The van der Waals surface area contributed by atoms with E-state index in [1.54, 1.807) is 12.1 Å². The first kappa shape index (κ1) is 8.01. The van der Waals surface area contributed by atoms with Gasteiger partial charge in [0.1, 0.15) is 5.82 Å². The van der Waals surface area contributed by atoms with E-state index in [1.165, 1.54) is 12.1 Å². The fourth-order valence-electron chi connectivity index (χ4n) is 0.758. The highest BCUT2D eigenvalue weighted by Gasteiger charge is 1.89. The number of hydrogen-bond donors (Lipinski definition) is 2. The number of nitrogens with one attached hydrogen (secondary N) is 2. The van der Waals surface area contributed by atoms with Gasteiger partial charge < -0.3 is 10.6 Å². The van der Waals surface area contributed by atoms with Gasteiger partial charge in [-0.15, -0.1) is 0 Å². The molecule has 60 valence electrons. The molecule has 1 rings (SSSR count). The van der Waals surface area contributed by atoms with Crippen molar-refractivity contribution in [3.8, 4) is 0 Å². The van der Waals surface area contributed by atoms with Crippen LogP contribution in [0.4, 0.5) is 10.1 Å². The molecule has 0 aliphatic carbocycles. The largest absolute Gasteiger partial charge is 0.372 e. The van der Waals surface area contributed by atoms with Crippen LogP contribution in [0.15, 0.2) is 24.3 Å². The van der Waals surface area contributed by atoms with Crippen molar-refractivity contribution in [3.05, 3.63) is 30.1 Å². The maximum Gasteiger partial charge on any atom is 0.123 e. The zero-order chi connectivity index (χ0) is 8.10. The van der Waals surface area contributed by atoms with Gasteiger partial charge in [0.25, 0.3) is 0 Å². The molecule has 0 saturated heterocycles. The average Bonchev–Trinajstić information content (AvgIpc) is 2.04. The van der Waals surface area contributed by atoms with E-state index in [2.05, 4.69) is 10.6 Å². The van der Waals surface area contributed by atoms with Crippen LogP contribution in [0.3, 0.4) is 0 Å². The van der Waals surface area contributed by atoms with E-state index < -0.39 is 0 Å². The third kappa shape index (κ3) is 2.55. The molecular weight excluding hydrogens is 143 g/mol. The first-order chi connectivity index (χ1) is 5.33. The number of halogens is 1. The minimum atomic E-state index is -0.208. The van der Waals surface area contributed by atoms with Crippen LogP contribution in [0.5, 0.6) is 0 Å². The molecule has 0 radical (unpaired) electrons. The van der Waals surface area contributed by atoms with Gasteiger partial charge in [-0.1, -0.05) is 0 Å². The number of anilines is 1. The van der Waals surface area contributed by atoms with Gasteiger partial charge >= 0.3 is 0 Å². The maximum absolute atomic E-state index is 12.4. The topological polar surface area (TPSA) is 24.1 Å². The first-order valence-electron chi connectivity index (χ1n) is 3.47. The normalized spacial score (nSPS) is 9.64. The van der Waals surface area contributed by atoms with Crippen molar-refractivity contribution in [3.63, 3.8) is 0 Å². The van der Waals surface area contributed by atoms with Crippen LogP contribution >= 0.6 is 0 Å². The average molecular weight is 154 g/mol. The third-order valence-corrected chi connectivity index (χ3v) is 1.31. The molecule has 1 aromatic carbocycles. The van der Waals surface area contributed by atoms with Gasteiger partial charge in [-0.2, -0.15) is 0 Å². The van der Waals surface area contributed by atoms with Gasteiger partial charge in [0, 0.05) is 5.69 Å². The first-order valence-corrected chi connectivity index (χ1v) is 3.47. The summed E-state index contributed by atoms with van der Waals surface area (Å²) in [6, 6.07) is 6.26. The lowest BCUT2D eigenvalue weighted by atomic mass is 10.3. The fourth-order valence-corrected chi connectivity index (χ4v) is 0.758. The summed E-state index contributed by atoms with van der Waals surface area (Å²) in [4.78, 5) is 0. The maximum atomic E-state index is 12.4. The smallest absolute Gasteiger partial charge is 0.123 e. The van der Waals surface area contributed by atoms with Crippen LogP contribution in [0.2, 0.25) is 0 Å². The van der Waals surface area contributed by atoms with Crippen molar-refractivity contribution in [2.75, 3.05) is 19.0 Å². The third-order valence-electron chi connectivity index (χ3n) is 1.31. The van der Waals surface area contributed by atoms with Gasteiger partial charge in [-0.3, -0.25) is 0 Å². The minimum Gasteiger partial charge on any atom is -0.372 e. The summed E-state index contributed by atoms with van der Waals surface area (Å²) >= 11 is 0. The monoisotopic (exact) mass is 154 g/mol. The quantitative estimate of drug-likeness (QED) is 0.643. The Morgan fingerprint density at radius 3 is 2.45 bits per heavy atom. The van der Waals surface area contributed by atoms with E-state index in [0.29, 0.717) is 6.67 Å². The minimum absolute atomic E-state index is 0.208. The molecular formula is C8H11FN2. The molecule has 0 aromatic heterocycles. The van der Waals surface area contributed by atoms with Gasteiger partial charge in [-0.05, 0) is 31.3 Å². The molecule has 0 aliphatic rings. The molecule has 0 saturated carbocycles. The van der Waals surface area contributed by atoms with E-state index in [0.717, 1.165) is 5.69 Å². The van der Waals surface area contributed by atoms with E-state index in [4.69, 9.17) is 0 Å². The van der Waals surface area contributed by atoms with Gasteiger partial charge in [0.15, 0.2) is 0 Å². The number of hydrogen-bond acceptors (Lipinski definition) is 2. The summed E-state index contributed by atoms with van der Waals surface area (Å²) in [5, 5.41) is 5.97. The summed E-state index contributed by atoms with van der Waals surface area (Å²) in [5.41, 5.74) is 0.917. The van der Waals surface area contributed by atoms with Crippen LogP contribution in [0.1, 0.15) is 0 Å². The Hall–Kier alpha value is -1.09. The van der Waals surface area contributed by atoms with E-state index >= 15 is 0 Å². The van der Waals surface area contributed by atoms with Gasteiger partial charge in [0.2, 0.25) is 0 Å². The summed E-state index contributed by atoms with van der Waals surface area (Å²) < 4.78 is 12.4. The van der Waals surface area contributed by atoms with E-state index in [9.17, 15) is 4.39 Å². The lowest BCUT2D eigenvalue weighted by Crippen LogP contribution is -2.16. The van der Waals surface area contributed by atoms with E-state index in [1.807, 2.05) is 7.05 Å². The Bertz CT molecular complexity index is 208. The van der Waals surface area contributed by atoms with Gasteiger partial charge in [0.05, 0.1) is 6.67 Å². The second-order valence-electron chi connectivity index (χ2n) is 2.21. The summed E-state index contributed by atoms with van der Waals surface area (Å²) in [7, 11) is 1.84. The molecule has 2 nitrogen and oxygen atoms in total. The Kier molecular flexibility index (Phi) is 2.86. The highest BCUT2D eigenvalue weighted by Crippen LogP contribution is 2.06. The number of rotatable bonds is 3. The predicted molar refractivity (Wildman–Crippen MR) is 43.9 cm³/mol. The van der Waals surface area contributed by atoms with Crippen LogP contribution in [-0.2, 0) is 0 Å². The summed E-state index contributed by atoms with van der Waals surface area (Å²) in [6.45, 7) is 0.686. The molecule has 0 aliphatic heterocycles. The Balaban J connectivity index is 2.52. The molecule has 2 N–H and O–H groups in total. The van der Waals surface area contributed by atoms with Crippen LogP contribution in [0, 0.1) is 5.82 Å². The molecule has 0 bridgehead atoms. The van der Waals surface area contributed by atoms with Crippen LogP contribution < -0.4 is 10.6 Å². The van der Waals surface area contributed by atoms with Gasteiger partial charge in [-0.25, -0.2) is 4.39 Å². The molecule has 0 atom stereocenters. The zero-order valence-electron chi connectivity index (χ0n) is 6.39. The highest BCUT2D eigenvalue weighted by molar-refractivity contribution is 5.42. The zero-order valence-corrected chi connectivity index (χ0v) is 6.39. The Labute approximate surface area is 65.4 Å².